The third kappa shape index (κ3) is 3.16. The molecule has 17 heavy (non-hydrogen) atoms. The van der Waals surface area contributed by atoms with Crippen LogP contribution in [0.25, 0.3) is 0 Å². The van der Waals surface area contributed by atoms with Gasteiger partial charge in [-0.25, -0.2) is 0 Å². The van der Waals surface area contributed by atoms with Gasteiger partial charge in [0, 0.05) is 11.8 Å². The molecule has 1 unspecified atom stereocenters. The molecule has 0 saturated carbocycles. The van der Waals surface area contributed by atoms with Crippen LogP contribution >= 0.6 is 0 Å². The molecule has 0 saturated heterocycles. The van der Waals surface area contributed by atoms with E-state index < -0.39 is 0 Å². The van der Waals surface area contributed by atoms with Gasteiger partial charge in [0.15, 0.2) is 0 Å². The van der Waals surface area contributed by atoms with Crippen molar-refractivity contribution in [1.29, 1.82) is 0 Å². The molecule has 1 nitrogen and oxygen atoms in total. The van der Waals surface area contributed by atoms with Crippen molar-refractivity contribution < 1.29 is 4.79 Å². The minimum absolute atomic E-state index is 0.0744. The second-order valence-corrected chi connectivity index (χ2v) is 4.93. The Labute approximate surface area is 103 Å². The summed E-state index contributed by atoms with van der Waals surface area (Å²) in [5.74, 6) is 0. The van der Waals surface area contributed by atoms with E-state index in [4.69, 9.17) is 0 Å². The van der Waals surface area contributed by atoms with Crippen LogP contribution < -0.4 is 0 Å². The van der Waals surface area contributed by atoms with Crippen LogP contribution in [0.1, 0.15) is 25.3 Å². The highest BCUT2D eigenvalue weighted by Gasteiger charge is 2.22. The van der Waals surface area contributed by atoms with E-state index in [1.165, 1.54) is 11.1 Å². The zero-order valence-corrected chi connectivity index (χ0v) is 10.2. The summed E-state index contributed by atoms with van der Waals surface area (Å²) in [6, 6.07) is 10.5. The monoisotopic (exact) mass is 226 g/mol. The Hall–Kier alpha value is -1.63. The molecule has 88 valence electrons. The number of carbonyl (C=O) groups is 1. The predicted octanol–water partition coefficient (Wildman–Crippen LogP) is 3.71. The number of rotatable bonds is 5. The van der Waals surface area contributed by atoms with E-state index in [-0.39, 0.29) is 5.41 Å². The van der Waals surface area contributed by atoms with Crippen molar-refractivity contribution in [3.05, 3.63) is 59.7 Å². The number of hydrogen-bond donors (Lipinski definition) is 0. The quantitative estimate of drug-likeness (QED) is 0.699. The van der Waals surface area contributed by atoms with Crippen LogP contribution in [0.2, 0.25) is 0 Å². The fraction of sp³-hybridized carbons (Fsp3) is 0.312. The van der Waals surface area contributed by atoms with Crippen molar-refractivity contribution >= 4 is 6.29 Å². The summed E-state index contributed by atoms with van der Waals surface area (Å²) in [6.07, 6.45) is 10.2. The van der Waals surface area contributed by atoms with Crippen LogP contribution in [0.15, 0.2) is 54.1 Å². The molecule has 0 radical (unpaired) electrons. The molecule has 0 heterocycles. The average molecular weight is 226 g/mol. The van der Waals surface area contributed by atoms with E-state index in [1.807, 2.05) is 6.07 Å². The molecule has 0 aliphatic heterocycles. The number of aldehydes is 1. The smallest absolute Gasteiger partial charge is 0.120 e. The van der Waals surface area contributed by atoms with Crippen LogP contribution in [0.3, 0.4) is 0 Å². The predicted molar refractivity (Wildman–Crippen MR) is 70.8 cm³/mol. The average Bonchev–Trinajstić information content (AvgIpc) is 2.70. The maximum atomic E-state index is 10.4. The Morgan fingerprint density at radius 1 is 1.24 bits per heavy atom. The lowest BCUT2D eigenvalue weighted by Crippen LogP contribution is -2.07. The number of allylic oxidation sites excluding steroid dienone is 4. The minimum atomic E-state index is 0.0744. The van der Waals surface area contributed by atoms with Gasteiger partial charge in [-0.1, -0.05) is 55.5 Å². The summed E-state index contributed by atoms with van der Waals surface area (Å²) in [4.78, 5) is 10.4. The summed E-state index contributed by atoms with van der Waals surface area (Å²) in [6.45, 7) is 2.19. The van der Waals surface area contributed by atoms with Crippen molar-refractivity contribution in [2.45, 2.75) is 26.2 Å². The third-order valence-electron chi connectivity index (χ3n) is 3.25. The molecule has 1 aromatic rings. The molecule has 1 aromatic carbocycles. The molecule has 2 rings (SSSR count). The standard InChI is InChI=1S/C16H18O/c1-16(9-5-11-17)10-8-15(13-16)12-14-6-3-2-4-7-14/h2-4,6-8,10-11,13H,5,9,12H2,1H3. The molecule has 1 aliphatic carbocycles. The SMILES string of the molecule is CC1(CCC=O)C=CC(Cc2ccccc2)=C1. The maximum absolute atomic E-state index is 10.4. The molecular weight excluding hydrogens is 208 g/mol. The van der Waals surface area contributed by atoms with E-state index in [2.05, 4.69) is 49.4 Å². The van der Waals surface area contributed by atoms with Gasteiger partial charge in [0.25, 0.3) is 0 Å². The number of hydrogen-bond acceptors (Lipinski definition) is 1. The van der Waals surface area contributed by atoms with E-state index in [0.29, 0.717) is 6.42 Å². The highest BCUT2D eigenvalue weighted by Crippen LogP contribution is 2.34. The van der Waals surface area contributed by atoms with Gasteiger partial charge in [0.2, 0.25) is 0 Å². The van der Waals surface area contributed by atoms with Crippen molar-refractivity contribution in [1.82, 2.24) is 0 Å². The van der Waals surface area contributed by atoms with Crippen molar-refractivity contribution in [3.63, 3.8) is 0 Å². The molecule has 0 bridgehead atoms. The normalized spacial score (nSPS) is 22.5. The minimum Gasteiger partial charge on any atom is -0.303 e. The lowest BCUT2D eigenvalue weighted by atomic mass is 9.87. The lowest BCUT2D eigenvalue weighted by Gasteiger charge is -2.17. The first-order chi connectivity index (χ1) is 8.22. The molecule has 1 atom stereocenters. The fourth-order valence-corrected chi connectivity index (χ4v) is 2.28. The molecule has 0 fully saturated rings. The van der Waals surface area contributed by atoms with Crippen molar-refractivity contribution in [3.8, 4) is 0 Å². The first-order valence-electron chi connectivity index (χ1n) is 6.10. The number of benzene rings is 1. The van der Waals surface area contributed by atoms with Gasteiger partial charge in [-0.3, -0.25) is 0 Å². The van der Waals surface area contributed by atoms with E-state index in [0.717, 1.165) is 19.1 Å². The van der Waals surface area contributed by atoms with Gasteiger partial charge in [-0.05, 0) is 24.0 Å². The molecule has 0 aromatic heterocycles. The summed E-state index contributed by atoms with van der Waals surface area (Å²) < 4.78 is 0. The zero-order chi connectivity index (χ0) is 12.1. The van der Waals surface area contributed by atoms with Crippen LogP contribution in [0.5, 0.6) is 0 Å². The zero-order valence-electron chi connectivity index (χ0n) is 10.2. The molecule has 0 N–H and O–H groups in total. The Morgan fingerprint density at radius 3 is 2.71 bits per heavy atom. The van der Waals surface area contributed by atoms with E-state index in [1.54, 1.807) is 0 Å². The van der Waals surface area contributed by atoms with Crippen molar-refractivity contribution in [2.24, 2.45) is 5.41 Å². The number of carbonyl (C=O) groups excluding carboxylic acids is 1. The Kier molecular flexibility index (Phi) is 3.58. The Balaban J connectivity index is 2.03. The van der Waals surface area contributed by atoms with Crippen molar-refractivity contribution in [2.75, 3.05) is 0 Å². The Morgan fingerprint density at radius 2 is 2.00 bits per heavy atom. The summed E-state index contributed by atoms with van der Waals surface area (Å²) in [7, 11) is 0. The molecule has 0 spiro atoms. The summed E-state index contributed by atoms with van der Waals surface area (Å²) in [5, 5.41) is 0. The van der Waals surface area contributed by atoms with E-state index >= 15 is 0 Å². The lowest BCUT2D eigenvalue weighted by molar-refractivity contribution is -0.108. The van der Waals surface area contributed by atoms with Crippen LogP contribution in [-0.4, -0.2) is 6.29 Å². The first-order valence-corrected chi connectivity index (χ1v) is 6.10. The van der Waals surface area contributed by atoms with Gasteiger partial charge in [-0.15, -0.1) is 0 Å². The largest absolute Gasteiger partial charge is 0.303 e. The topological polar surface area (TPSA) is 17.1 Å². The Bertz CT molecular complexity index is 442. The summed E-state index contributed by atoms with van der Waals surface area (Å²) in [5.41, 5.74) is 2.76. The van der Waals surface area contributed by atoms with Crippen LogP contribution in [0.4, 0.5) is 0 Å². The molecule has 1 heteroatoms. The van der Waals surface area contributed by atoms with Gasteiger partial charge in [-0.2, -0.15) is 0 Å². The maximum Gasteiger partial charge on any atom is 0.120 e. The van der Waals surface area contributed by atoms with Gasteiger partial charge in [0.05, 0.1) is 0 Å². The van der Waals surface area contributed by atoms with Crippen LogP contribution in [0, 0.1) is 5.41 Å². The highest BCUT2D eigenvalue weighted by molar-refractivity contribution is 5.50. The molecule has 1 aliphatic rings. The second kappa shape index (κ2) is 5.13. The van der Waals surface area contributed by atoms with E-state index in [9.17, 15) is 4.79 Å². The van der Waals surface area contributed by atoms with Gasteiger partial charge >= 0.3 is 0 Å². The summed E-state index contributed by atoms with van der Waals surface area (Å²) >= 11 is 0. The third-order valence-corrected chi connectivity index (χ3v) is 3.25. The van der Waals surface area contributed by atoms with Crippen LogP contribution in [-0.2, 0) is 11.2 Å². The van der Waals surface area contributed by atoms with Gasteiger partial charge in [0.1, 0.15) is 6.29 Å². The second-order valence-electron chi connectivity index (χ2n) is 4.93. The fourth-order valence-electron chi connectivity index (χ4n) is 2.28. The molecular formula is C16H18O. The van der Waals surface area contributed by atoms with Gasteiger partial charge < -0.3 is 4.79 Å². The molecule has 0 amide bonds. The first kappa shape index (κ1) is 11.8. The highest BCUT2D eigenvalue weighted by atomic mass is 16.1.